The first-order valence-electron chi connectivity index (χ1n) is 6.96. The monoisotopic (exact) mass is 281 g/mol. The summed E-state index contributed by atoms with van der Waals surface area (Å²) in [7, 11) is 0. The molecule has 0 fully saturated rings. The predicted molar refractivity (Wildman–Crippen MR) is 83.8 cm³/mol. The zero-order valence-electron chi connectivity index (χ0n) is 12.0. The van der Waals surface area contributed by atoms with Crippen LogP contribution in [0.25, 0.3) is 22.3 Å². The fourth-order valence-corrected chi connectivity index (χ4v) is 2.38. The standard InChI is InChI=1S/C17H16FN3/c1-3-19-16-14-6-4-5-7-15(14)20-17(21-16)13-9-8-12(18)10-11(13)2/h4-10H,3H2,1-2H3,(H,19,20,21). The average molecular weight is 281 g/mol. The summed E-state index contributed by atoms with van der Waals surface area (Å²) >= 11 is 0. The van der Waals surface area contributed by atoms with Gasteiger partial charge in [0.15, 0.2) is 5.82 Å². The van der Waals surface area contributed by atoms with Crippen molar-refractivity contribution in [2.45, 2.75) is 13.8 Å². The Morgan fingerprint density at radius 2 is 1.90 bits per heavy atom. The number of benzene rings is 2. The molecule has 0 amide bonds. The lowest BCUT2D eigenvalue weighted by Crippen LogP contribution is -2.03. The second kappa shape index (κ2) is 5.48. The molecule has 1 aromatic heterocycles. The molecule has 4 heteroatoms. The van der Waals surface area contributed by atoms with Gasteiger partial charge in [0.2, 0.25) is 0 Å². The first kappa shape index (κ1) is 13.5. The fraction of sp³-hybridized carbons (Fsp3) is 0.176. The molecule has 0 radical (unpaired) electrons. The van der Waals surface area contributed by atoms with E-state index in [1.54, 1.807) is 6.07 Å². The molecule has 3 nitrogen and oxygen atoms in total. The van der Waals surface area contributed by atoms with Gasteiger partial charge < -0.3 is 5.32 Å². The average Bonchev–Trinajstić information content (AvgIpc) is 2.47. The molecule has 0 saturated carbocycles. The lowest BCUT2D eigenvalue weighted by atomic mass is 10.1. The van der Waals surface area contributed by atoms with E-state index in [0.717, 1.165) is 34.4 Å². The van der Waals surface area contributed by atoms with E-state index in [2.05, 4.69) is 15.3 Å². The van der Waals surface area contributed by atoms with Crippen molar-refractivity contribution in [2.24, 2.45) is 0 Å². The van der Waals surface area contributed by atoms with Crippen molar-refractivity contribution in [1.29, 1.82) is 0 Å². The van der Waals surface area contributed by atoms with Crippen LogP contribution in [0.1, 0.15) is 12.5 Å². The van der Waals surface area contributed by atoms with Gasteiger partial charge in [0, 0.05) is 17.5 Å². The first-order chi connectivity index (χ1) is 10.2. The summed E-state index contributed by atoms with van der Waals surface area (Å²) in [6, 6.07) is 12.5. The number of aromatic nitrogens is 2. The van der Waals surface area contributed by atoms with Crippen LogP contribution >= 0.6 is 0 Å². The van der Waals surface area contributed by atoms with Crippen LogP contribution in [0.15, 0.2) is 42.5 Å². The highest BCUT2D eigenvalue weighted by molar-refractivity contribution is 5.90. The summed E-state index contributed by atoms with van der Waals surface area (Å²) in [6.45, 7) is 4.67. The number of para-hydroxylation sites is 1. The van der Waals surface area contributed by atoms with E-state index in [4.69, 9.17) is 0 Å². The lowest BCUT2D eigenvalue weighted by molar-refractivity contribution is 0.627. The molecular weight excluding hydrogens is 265 g/mol. The van der Waals surface area contributed by atoms with Crippen molar-refractivity contribution in [1.82, 2.24) is 9.97 Å². The summed E-state index contributed by atoms with van der Waals surface area (Å²) in [6.07, 6.45) is 0. The number of fused-ring (bicyclic) bond motifs is 1. The minimum Gasteiger partial charge on any atom is -0.370 e. The third-order valence-corrected chi connectivity index (χ3v) is 3.38. The minimum atomic E-state index is -0.246. The van der Waals surface area contributed by atoms with Crippen LogP contribution in [0.3, 0.4) is 0 Å². The van der Waals surface area contributed by atoms with Crippen molar-refractivity contribution in [3.8, 4) is 11.4 Å². The second-order valence-electron chi connectivity index (χ2n) is 4.90. The maximum atomic E-state index is 13.3. The molecule has 0 aliphatic rings. The van der Waals surface area contributed by atoms with Crippen molar-refractivity contribution < 1.29 is 4.39 Å². The molecular formula is C17H16FN3. The Kier molecular flexibility index (Phi) is 3.52. The lowest BCUT2D eigenvalue weighted by Gasteiger charge is -2.11. The van der Waals surface area contributed by atoms with Gasteiger partial charge in [0.05, 0.1) is 5.52 Å². The molecule has 21 heavy (non-hydrogen) atoms. The Hall–Kier alpha value is -2.49. The minimum absolute atomic E-state index is 0.246. The van der Waals surface area contributed by atoms with Gasteiger partial charge in [-0.1, -0.05) is 12.1 Å². The van der Waals surface area contributed by atoms with E-state index in [0.29, 0.717) is 5.82 Å². The smallest absolute Gasteiger partial charge is 0.162 e. The Labute approximate surface area is 122 Å². The molecule has 0 spiro atoms. The quantitative estimate of drug-likeness (QED) is 0.782. The zero-order valence-corrected chi connectivity index (χ0v) is 12.0. The molecule has 1 N–H and O–H groups in total. The van der Waals surface area contributed by atoms with Gasteiger partial charge in [-0.25, -0.2) is 14.4 Å². The number of aryl methyl sites for hydroxylation is 1. The van der Waals surface area contributed by atoms with Crippen LogP contribution in [-0.4, -0.2) is 16.5 Å². The number of hydrogen-bond acceptors (Lipinski definition) is 3. The van der Waals surface area contributed by atoms with Gasteiger partial charge in [-0.3, -0.25) is 0 Å². The highest BCUT2D eigenvalue weighted by Crippen LogP contribution is 2.26. The van der Waals surface area contributed by atoms with Crippen LogP contribution in [-0.2, 0) is 0 Å². The Morgan fingerprint density at radius 3 is 2.67 bits per heavy atom. The number of nitrogens with zero attached hydrogens (tertiary/aromatic N) is 2. The van der Waals surface area contributed by atoms with Crippen LogP contribution in [0.5, 0.6) is 0 Å². The van der Waals surface area contributed by atoms with Crippen molar-refractivity contribution >= 4 is 16.7 Å². The Balaban J connectivity index is 2.23. The predicted octanol–water partition coefficient (Wildman–Crippen LogP) is 4.18. The molecule has 106 valence electrons. The molecule has 3 rings (SSSR count). The molecule has 2 aromatic carbocycles. The van der Waals surface area contributed by atoms with Crippen molar-refractivity contribution in [3.05, 3.63) is 53.8 Å². The van der Waals surface area contributed by atoms with E-state index >= 15 is 0 Å². The molecule has 3 aromatic rings. The third-order valence-electron chi connectivity index (χ3n) is 3.38. The van der Waals surface area contributed by atoms with Gasteiger partial charge >= 0.3 is 0 Å². The topological polar surface area (TPSA) is 37.8 Å². The number of hydrogen-bond donors (Lipinski definition) is 1. The van der Waals surface area contributed by atoms with Gasteiger partial charge in [0.1, 0.15) is 11.6 Å². The summed E-state index contributed by atoms with van der Waals surface area (Å²) in [4.78, 5) is 9.21. The van der Waals surface area contributed by atoms with Crippen LogP contribution in [0.2, 0.25) is 0 Å². The number of halogens is 1. The largest absolute Gasteiger partial charge is 0.370 e. The van der Waals surface area contributed by atoms with Gasteiger partial charge in [0.25, 0.3) is 0 Å². The normalized spacial score (nSPS) is 10.8. The number of anilines is 1. The van der Waals surface area contributed by atoms with E-state index < -0.39 is 0 Å². The van der Waals surface area contributed by atoms with Crippen molar-refractivity contribution in [2.75, 3.05) is 11.9 Å². The maximum Gasteiger partial charge on any atom is 0.162 e. The number of nitrogens with one attached hydrogen (secondary N) is 1. The van der Waals surface area contributed by atoms with Gasteiger partial charge in [-0.05, 0) is 49.7 Å². The zero-order chi connectivity index (χ0) is 14.8. The van der Waals surface area contributed by atoms with Gasteiger partial charge in [-0.15, -0.1) is 0 Å². The maximum absolute atomic E-state index is 13.3. The molecule has 0 saturated heterocycles. The Morgan fingerprint density at radius 1 is 1.10 bits per heavy atom. The summed E-state index contributed by atoms with van der Waals surface area (Å²) in [5.41, 5.74) is 2.55. The molecule has 0 atom stereocenters. The third kappa shape index (κ3) is 2.57. The van der Waals surface area contributed by atoms with E-state index in [-0.39, 0.29) is 5.82 Å². The number of rotatable bonds is 3. The molecule has 0 aliphatic carbocycles. The first-order valence-corrected chi connectivity index (χ1v) is 6.96. The fourth-order valence-electron chi connectivity index (χ4n) is 2.38. The Bertz CT molecular complexity index is 799. The SMILES string of the molecule is CCNc1nc(-c2ccc(F)cc2C)nc2ccccc12. The molecule has 0 unspecified atom stereocenters. The van der Waals surface area contributed by atoms with Gasteiger partial charge in [-0.2, -0.15) is 0 Å². The van der Waals surface area contributed by atoms with Crippen LogP contribution in [0.4, 0.5) is 10.2 Å². The molecule has 0 bridgehead atoms. The van der Waals surface area contributed by atoms with Crippen LogP contribution < -0.4 is 5.32 Å². The van der Waals surface area contributed by atoms with Crippen LogP contribution in [0, 0.1) is 12.7 Å². The summed E-state index contributed by atoms with van der Waals surface area (Å²) in [5, 5.41) is 4.26. The molecule has 0 aliphatic heterocycles. The van der Waals surface area contributed by atoms with E-state index in [9.17, 15) is 4.39 Å². The highest BCUT2D eigenvalue weighted by Gasteiger charge is 2.11. The van der Waals surface area contributed by atoms with E-state index in [1.165, 1.54) is 12.1 Å². The molecule has 1 heterocycles. The summed E-state index contributed by atoms with van der Waals surface area (Å²) < 4.78 is 13.3. The van der Waals surface area contributed by atoms with Crippen molar-refractivity contribution in [3.63, 3.8) is 0 Å². The second-order valence-corrected chi connectivity index (χ2v) is 4.90. The summed E-state index contributed by atoms with van der Waals surface area (Å²) in [5.74, 6) is 1.17. The van der Waals surface area contributed by atoms with E-state index in [1.807, 2.05) is 38.1 Å². The highest BCUT2D eigenvalue weighted by atomic mass is 19.1.